The summed E-state index contributed by atoms with van der Waals surface area (Å²) in [6, 6.07) is 0. The molecule has 4 nitrogen and oxygen atoms in total. The smallest absolute Gasteiger partial charge is 0.188 e. The van der Waals surface area contributed by atoms with Crippen LogP contribution in [0.15, 0.2) is 4.99 Å². The van der Waals surface area contributed by atoms with Gasteiger partial charge in [-0.3, -0.25) is 4.99 Å². The monoisotopic (exact) mass is 227 g/mol. The lowest BCUT2D eigenvalue weighted by Gasteiger charge is -2.19. The Hall–Kier alpha value is -0.770. The van der Waals surface area contributed by atoms with E-state index in [1.165, 1.54) is 0 Å². The summed E-state index contributed by atoms with van der Waals surface area (Å²) in [5.41, 5.74) is 5.13. The summed E-state index contributed by atoms with van der Waals surface area (Å²) in [5.74, 6) is 1.13. The highest BCUT2D eigenvalue weighted by Gasteiger charge is 2.30. The second kappa shape index (κ2) is 6.09. The van der Waals surface area contributed by atoms with E-state index in [4.69, 9.17) is 5.73 Å². The molecule has 0 aromatic rings. The Morgan fingerprint density at radius 2 is 2.06 bits per heavy atom. The first-order chi connectivity index (χ1) is 7.52. The van der Waals surface area contributed by atoms with Gasteiger partial charge in [-0.2, -0.15) is 0 Å². The molecular weight excluding hydrogens is 202 g/mol. The molecule has 1 aliphatic carbocycles. The van der Waals surface area contributed by atoms with E-state index < -0.39 is 5.60 Å². The zero-order valence-corrected chi connectivity index (χ0v) is 10.5. The molecule has 1 rings (SSSR count). The van der Waals surface area contributed by atoms with Crippen LogP contribution in [-0.2, 0) is 0 Å². The topological polar surface area (TPSA) is 70.6 Å². The number of guanidine groups is 1. The van der Waals surface area contributed by atoms with Gasteiger partial charge < -0.3 is 16.2 Å². The molecule has 0 aromatic carbocycles. The Balaban J connectivity index is 2.22. The zero-order valence-electron chi connectivity index (χ0n) is 10.5. The van der Waals surface area contributed by atoms with E-state index in [0.29, 0.717) is 18.4 Å². The second-order valence-corrected chi connectivity index (χ2v) is 5.24. The molecule has 0 spiro atoms. The summed E-state index contributed by atoms with van der Waals surface area (Å²) in [7, 11) is 0. The predicted octanol–water partition coefficient (Wildman–Crippen LogP) is 1.24. The molecular formula is C12H25N3O. The molecule has 1 saturated carbocycles. The van der Waals surface area contributed by atoms with E-state index in [2.05, 4.69) is 24.2 Å². The largest absolute Gasteiger partial charge is 0.388 e. The lowest BCUT2D eigenvalue weighted by Crippen LogP contribution is -2.36. The van der Waals surface area contributed by atoms with Gasteiger partial charge in [-0.25, -0.2) is 0 Å². The van der Waals surface area contributed by atoms with Gasteiger partial charge in [0.2, 0.25) is 0 Å². The highest BCUT2D eigenvalue weighted by Crippen LogP contribution is 2.29. The van der Waals surface area contributed by atoms with Crippen molar-refractivity contribution in [2.75, 3.05) is 13.1 Å². The fourth-order valence-corrected chi connectivity index (χ4v) is 1.97. The fraction of sp³-hybridized carbons (Fsp3) is 0.917. The first-order valence-corrected chi connectivity index (χ1v) is 6.28. The molecule has 0 atom stereocenters. The highest BCUT2D eigenvalue weighted by atomic mass is 16.3. The second-order valence-electron chi connectivity index (χ2n) is 5.24. The average molecular weight is 227 g/mol. The molecule has 4 heteroatoms. The minimum absolute atomic E-state index is 0.438. The summed E-state index contributed by atoms with van der Waals surface area (Å²) < 4.78 is 0. The summed E-state index contributed by atoms with van der Waals surface area (Å²) in [6.45, 7) is 5.64. The van der Waals surface area contributed by atoms with Crippen LogP contribution < -0.4 is 11.1 Å². The molecule has 4 N–H and O–H groups in total. The lowest BCUT2D eigenvalue weighted by molar-refractivity contribution is 0.0575. The Kier molecular flexibility index (Phi) is 5.06. The van der Waals surface area contributed by atoms with Gasteiger partial charge in [0, 0.05) is 6.54 Å². The maximum atomic E-state index is 10.1. The molecule has 0 amide bonds. The molecule has 0 aliphatic heterocycles. The molecule has 1 aliphatic rings. The van der Waals surface area contributed by atoms with E-state index in [9.17, 15) is 5.11 Å². The van der Waals surface area contributed by atoms with Crippen LogP contribution in [0, 0.1) is 5.92 Å². The van der Waals surface area contributed by atoms with Crippen LogP contribution in [0.4, 0.5) is 0 Å². The maximum absolute atomic E-state index is 10.1. The highest BCUT2D eigenvalue weighted by molar-refractivity contribution is 5.77. The van der Waals surface area contributed by atoms with Gasteiger partial charge in [0.25, 0.3) is 0 Å². The van der Waals surface area contributed by atoms with Crippen molar-refractivity contribution in [1.82, 2.24) is 5.32 Å². The van der Waals surface area contributed by atoms with Crippen molar-refractivity contribution in [2.45, 2.75) is 51.6 Å². The Morgan fingerprint density at radius 1 is 1.44 bits per heavy atom. The van der Waals surface area contributed by atoms with E-state index in [1.54, 1.807) is 0 Å². The van der Waals surface area contributed by atoms with Gasteiger partial charge in [-0.05, 0) is 25.2 Å². The van der Waals surface area contributed by atoms with Crippen LogP contribution in [0.25, 0.3) is 0 Å². The van der Waals surface area contributed by atoms with Crippen LogP contribution >= 0.6 is 0 Å². The van der Waals surface area contributed by atoms with Crippen molar-refractivity contribution in [3.05, 3.63) is 0 Å². The third-order valence-corrected chi connectivity index (χ3v) is 3.11. The predicted molar refractivity (Wildman–Crippen MR) is 67.4 cm³/mol. The molecule has 94 valence electrons. The average Bonchev–Trinajstić information content (AvgIpc) is 2.62. The number of rotatable bonds is 5. The minimum Gasteiger partial charge on any atom is -0.388 e. The third-order valence-electron chi connectivity index (χ3n) is 3.11. The van der Waals surface area contributed by atoms with Crippen molar-refractivity contribution in [3.8, 4) is 0 Å². The van der Waals surface area contributed by atoms with Crippen molar-refractivity contribution in [2.24, 2.45) is 16.6 Å². The maximum Gasteiger partial charge on any atom is 0.188 e. The van der Waals surface area contributed by atoms with Crippen molar-refractivity contribution >= 4 is 5.96 Å². The summed E-state index contributed by atoms with van der Waals surface area (Å²) >= 11 is 0. The summed E-state index contributed by atoms with van der Waals surface area (Å²) in [4.78, 5) is 4.21. The SMILES string of the molecule is CC(C)CCNC(N)=NCC1(O)CCCC1. The van der Waals surface area contributed by atoms with Crippen LogP contribution in [-0.4, -0.2) is 29.8 Å². The number of hydrogen-bond acceptors (Lipinski definition) is 2. The molecule has 0 unspecified atom stereocenters. The van der Waals surface area contributed by atoms with Gasteiger partial charge in [-0.15, -0.1) is 0 Å². The van der Waals surface area contributed by atoms with Crippen molar-refractivity contribution in [1.29, 1.82) is 0 Å². The quantitative estimate of drug-likeness (QED) is 0.489. The van der Waals surface area contributed by atoms with Crippen LogP contribution in [0.2, 0.25) is 0 Å². The van der Waals surface area contributed by atoms with Crippen LogP contribution in [0.5, 0.6) is 0 Å². The normalized spacial score (nSPS) is 20.4. The van der Waals surface area contributed by atoms with E-state index in [-0.39, 0.29) is 0 Å². The number of hydrogen-bond donors (Lipinski definition) is 3. The number of aliphatic hydroxyl groups is 1. The number of aliphatic imine (C=N–C) groups is 1. The minimum atomic E-state index is -0.593. The van der Waals surface area contributed by atoms with Gasteiger partial charge in [-0.1, -0.05) is 26.7 Å². The van der Waals surface area contributed by atoms with E-state index in [1.807, 2.05) is 0 Å². The number of nitrogens with two attached hydrogens (primary N) is 1. The van der Waals surface area contributed by atoms with Crippen LogP contribution in [0.1, 0.15) is 46.0 Å². The molecule has 16 heavy (non-hydrogen) atoms. The first-order valence-electron chi connectivity index (χ1n) is 6.28. The summed E-state index contributed by atoms with van der Waals surface area (Å²) in [6.07, 6.45) is 5.01. The fourth-order valence-electron chi connectivity index (χ4n) is 1.97. The summed E-state index contributed by atoms with van der Waals surface area (Å²) in [5, 5.41) is 13.1. The Morgan fingerprint density at radius 3 is 2.62 bits per heavy atom. The standard InChI is InChI=1S/C12H25N3O/c1-10(2)5-8-14-11(13)15-9-12(16)6-3-4-7-12/h10,16H,3-9H2,1-2H3,(H3,13,14,15). The Labute approximate surface area is 98.3 Å². The molecule has 0 saturated heterocycles. The first kappa shape index (κ1) is 13.3. The van der Waals surface area contributed by atoms with E-state index in [0.717, 1.165) is 38.6 Å². The third kappa shape index (κ3) is 4.84. The van der Waals surface area contributed by atoms with Crippen LogP contribution in [0.3, 0.4) is 0 Å². The molecule has 0 bridgehead atoms. The van der Waals surface area contributed by atoms with E-state index >= 15 is 0 Å². The van der Waals surface area contributed by atoms with Gasteiger partial charge in [0.1, 0.15) is 0 Å². The van der Waals surface area contributed by atoms with Crippen molar-refractivity contribution < 1.29 is 5.11 Å². The molecule has 0 heterocycles. The Bertz CT molecular complexity index is 232. The van der Waals surface area contributed by atoms with Gasteiger partial charge in [0.15, 0.2) is 5.96 Å². The molecule has 0 aromatic heterocycles. The zero-order chi connectivity index (χ0) is 12.0. The number of nitrogens with one attached hydrogen (secondary N) is 1. The van der Waals surface area contributed by atoms with Gasteiger partial charge in [0.05, 0.1) is 12.1 Å². The number of nitrogens with zero attached hydrogens (tertiary/aromatic N) is 1. The molecule has 0 radical (unpaired) electrons. The molecule has 1 fully saturated rings. The van der Waals surface area contributed by atoms with Crippen molar-refractivity contribution in [3.63, 3.8) is 0 Å². The van der Waals surface area contributed by atoms with Gasteiger partial charge >= 0.3 is 0 Å². The lowest BCUT2D eigenvalue weighted by atomic mass is 10.0.